The van der Waals surface area contributed by atoms with Gasteiger partial charge < -0.3 is 4.74 Å². The fraction of sp³-hybridized carbons (Fsp3) is 0.300. The number of amides is 1. The number of nitrogens with zero attached hydrogens (tertiary/aromatic N) is 2. The van der Waals surface area contributed by atoms with Crippen LogP contribution in [0, 0.1) is 0 Å². The fourth-order valence-electron chi connectivity index (χ4n) is 2.82. The predicted molar refractivity (Wildman–Crippen MR) is 99.0 cm³/mol. The maximum Gasteiger partial charge on any atom is 0.254 e. The molecular formula is C20H23N3O2. The Hall–Kier alpha value is -2.66. The van der Waals surface area contributed by atoms with Crippen molar-refractivity contribution in [2.75, 3.05) is 19.6 Å². The Morgan fingerprint density at radius 2 is 1.80 bits per heavy atom. The van der Waals surface area contributed by atoms with E-state index in [1.807, 2.05) is 54.6 Å². The topological polar surface area (TPSA) is 53.9 Å². The first-order valence-electron chi connectivity index (χ1n) is 8.67. The highest BCUT2D eigenvalue weighted by atomic mass is 16.5. The summed E-state index contributed by atoms with van der Waals surface area (Å²) in [5.41, 5.74) is 3.46. The highest BCUT2D eigenvalue weighted by Crippen LogP contribution is 2.21. The number of piperidine rings is 1. The van der Waals surface area contributed by atoms with Crippen molar-refractivity contribution in [2.24, 2.45) is 5.10 Å². The lowest BCUT2D eigenvalue weighted by Crippen LogP contribution is -2.38. The smallest absolute Gasteiger partial charge is 0.254 e. The molecule has 1 N–H and O–H groups in total. The van der Waals surface area contributed by atoms with E-state index in [0.29, 0.717) is 6.54 Å². The summed E-state index contributed by atoms with van der Waals surface area (Å²) in [5, 5.41) is 4.05. The quantitative estimate of drug-likeness (QED) is 0.649. The van der Waals surface area contributed by atoms with Crippen LogP contribution >= 0.6 is 0 Å². The summed E-state index contributed by atoms with van der Waals surface area (Å²) in [6.45, 7) is 2.40. The Kier molecular flexibility index (Phi) is 6.17. The molecule has 0 radical (unpaired) electrons. The molecule has 1 fully saturated rings. The van der Waals surface area contributed by atoms with Gasteiger partial charge in [0, 0.05) is 0 Å². The van der Waals surface area contributed by atoms with Crippen molar-refractivity contribution >= 4 is 12.1 Å². The minimum Gasteiger partial charge on any atom is -0.457 e. The third kappa shape index (κ3) is 5.72. The van der Waals surface area contributed by atoms with E-state index in [1.165, 1.54) is 19.3 Å². The normalized spacial score (nSPS) is 15.2. The molecule has 5 nitrogen and oxygen atoms in total. The largest absolute Gasteiger partial charge is 0.457 e. The number of likely N-dealkylation sites (tertiary alicyclic amines) is 1. The second-order valence-corrected chi connectivity index (χ2v) is 6.12. The second kappa shape index (κ2) is 8.99. The van der Waals surface area contributed by atoms with E-state index in [4.69, 9.17) is 4.74 Å². The molecule has 2 aromatic rings. The summed E-state index contributed by atoms with van der Waals surface area (Å²) in [4.78, 5) is 14.1. The maximum absolute atomic E-state index is 11.9. The fourth-order valence-corrected chi connectivity index (χ4v) is 2.82. The number of ether oxygens (including phenoxy) is 1. The molecule has 5 heteroatoms. The van der Waals surface area contributed by atoms with Crippen molar-refractivity contribution < 1.29 is 9.53 Å². The molecule has 3 rings (SSSR count). The summed E-state index contributed by atoms with van der Waals surface area (Å²) in [6, 6.07) is 17.2. The number of hydrogen-bond donors (Lipinski definition) is 1. The lowest BCUT2D eigenvalue weighted by atomic mass is 10.1. The first-order valence-corrected chi connectivity index (χ1v) is 8.67. The lowest BCUT2D eigenvalue weighted by Gasteiger charge is -2.25. The average molecular weight is 337 g/mol. The van der Waals surface area contributed by atoms with Crippen LogP contribution in [-0.4, -0.2) is 36.7 Å². The van der Waals surface area contributed by atoms with E-state index in [1.54, 1.807) is 6.21 Å². The van der Waals surface area contributed by atoms with Crippen LogP contribution in [0.1, 0.15) is 24.8 Å². The van der Waals surface area contributed by atoms with Crippen LogP contribution in [-0.2, 0) is 4.79 Å². The first kappa shape index (κ1) is 17.2. The number of carbonyl (C=O) groups excluding carboxylic acids is 1. The molecule has 1 aliphatic heterocycles. The maximum atomic E-state index is 11.9. The molecule has 130 valence electrons. The van der Waals surface area contributed by atoms with Crippen LogP contribution in [0.5, 0.6) is 11.5 Å². The van der Waals surface area contributed by atoms with Crippen LogP contribution < -0.4 is 10.2 Å². The summed E-state index contributed by atoms with van der Waals surface area (Å²) < 4.78 is 5.79. The van der Waals surface area contributed by atoms with Crippen molar-refractivity contribution in [2.45, 2.75) is 19.3 Å². The molecule has 1 heterocycles. The Labute approximate surface area is 148 Å². The third-order valence-corrected chi connectivity index (χ3v) is 4.06. The minimum atomic E-state index is -0.0742. The number of rotatable bonds is 6. The molecule has 1 saturated heterocycles. The summed E-state index contributed by atoms with van der Waals surface area (Å²) in [5.74, 6) is 1.44. The van der Waals surface area contributed by atoms with Crippen molar-refractivity contribution in [3.8, 4) is 11.5 Å². The van der Waals surface area contributed by atoms with Gasteiger partial charge in [-0.2, -0.15) is 5.10 Å². The molecule has 0 saturated carbocycles. The van der Waals surface area contributed by atoms with E-state index in [0.717, 1.165) is 30.2 Å². The van der Waals surface area contributed by atoms with Crippen LogP contribution in [0.25, 0.3) is 0 Å². The molecule has 25 heavy (non-hydrogen) atoms. The van der Waals surface area contributed by atoms with Gasteiger partial charge in [0.1, 0.15) is 11.5 Å². The van der Waals surface area contributed by atoms with E-state index in [2.05, 4.69) is 15.4 Å². The monoisotopic (exact) mass is 337 g/mol. The molecule has 2 aromatic carbocycles. The van der Waals surface area contributed by atoms with Crippen LogP contribution in [0.4, 0.5) is 0 Å². The molecule has 1 amide bonds. The van der Waals surface area contributed by atoms with E-state index < -0.39 is 0 Å². The molecular weight excluding hydrogens is 314 g/mol. The lowest BCUT2D eigenvalue weighted by molar-refractivity contribution is -0.122. The number of hydrazone groups is 1. The minimum absolute atomic E-state index is 0.0742. The van der Waals surface area contributed by atoms with Crippen molar-refractivity contribution in [1.82, 2.24) is 10.3 Å². The molecule has 0 unspecified atom stereocenters. The van der Waals surface area contributed by atoms with E-state index >= 15 is 0 Å². The number of carbonyl (C=O) groups is 1. The SMILES string of the molecule is O=C(CN1CCCCC1)N/N=C/c1cccc(Oc2ccccc2)c1. The van der Waals surface area contributed by atoms with Crippen molar-refractivity contribution in [1.29, 1.82) is 0 Å². The zero-order valence-corrected chi connectivity index (χ0v) is 14.2. The zero-order chi connectivity index (χ0) is 17.3. The molecule has 0 aliphatic carbocycles. The summed E-state index contributed by atoms with van der Waals surface area (Å²) in [6.07, 6.45) is 5.24. The van der Waals surface area contributed by atoms with Crippen molar-refractivity contribution in [3.05, 3.63) is 60.2 Å². The molecule has 0 bridgehead atoms. The van der Waals surface area contributed by atoms with Gasteiger partial charge in [0.25, 0.3) is 5.91 Å². The van der Waals surface area contributed by atoms with Gasteiger partial charge in [-0.15, -0.1) is 0 Å². The van der Waals surface area contributed by atoms with Gasteiger partial charge in [0.2, 0.25) is 0 Å². The second-order valence-electron chi connectivity index (χ2n) is 6.12. The standard InChI is InChI=1S/C20H23N3O2/c24-20(16-23-12-5-2-6-13-23)22-21-15-17-8-7-11-19(14-17)25-18-9-3-1-4-10-18/h1,3-4,7-11,14-15H,2,5-6,12-13,16H2,(H,22,24)/b21-15+. The summed E-state index contributed by atoms with van der Waals surface area (Å²) in [7, 11) is 0. The highest BCUT2D eigenvalue weighted by Gasteiger charge is 2.13. The Bertz CT molecular complexity index is 710. The molecule has 0 atom stereocenters. The van der Waals surface area contributed by atoms with Gasteiger partial charge in [-0.05, 0) is 55.8 Å². The number of nitrogens with one attached hydrogen (secondary N) is 1. The van der Waals surface area contributed by atoms with Gasteiger partial charge >= 0.3 is 0 Å². The predicted octanol–water partition coefficient (Wildman–Crippen LogP) is 3.41. The van der Waals surface area contributed by atoms with E-state index in [-0.39, 0.29) is 5.91 Å². The first-order chi connectivity index (χ1) is 12.3. The third-order valence-electron chi connectivity index (χ3n) is 4.06. The number of benzene rings is 2. The Morgan fingerprint density at radius 1 is 1.04 bits per heavy atom. The van der Waals surface area contributed by atoms with Gasteiger partial charge in [-0.1, -0.05) is 36.8 Å². The van der Waals surface area contributed by atoms with Gasteiger partial charge in [0.15, 0.2) is 0 Å². The van der Waals surface area contributed by atoms with Crippen molar-refractivity contribution in [3.63, 3.8) is 0 Å². The molecule has 0 aromatic heterocycles. The highest BCUT2D eigenvalue weighted by molar-refractivity contribution is 5.83. The number of para-hydroxylation sites is 1. The van der Waals surface area contributed by atoms with Crippen LogP contribution in [0.3, 0.4) is 0 Å². The van der Waals surface area contributed by atoms with Gasteiger partial charge in [0.05, 0.1) is 12.8 Å². The van der Waals surface area contributed by atoms with Gasteiger partial charge in [-0.25, -0.2) is 5.43 Å². The van der Waals surface area contributed by atoms with E-state index in [9.17, 15) is 4.79 Å². The zero-order valence-electron chi connectivity index (χ0n) is 14.2. The van der Waals surface area contributed by atoms with Crippen LogP contribution in [0.2, 0.25) is 0 Å². The molecule has 0 spiro atoms. The van der Waals surface area contributed by atoms with Gasteiger partial charge in [-0.3, -0.25) is 9.69 Å². The average Bonchev–Trinajstić information content (AvgIpc) is 2.64. The summed E-state index contributed by atoms with van der Waals surface area (Å²) >= 11 is 0. The molecule has 1 aliphatic rings. The Balaban J connectivity index is 1.51. The number of hydrogen-bond acceptors (Lipinski definition) is 4. The Morgan fingerprint density at radius 3 is 2.60 bits per heavy atom. The van der Waals surface area contributed by atoms with Crippen LogP contribution in [0.15, 0.2) is 59.7 Å².